The van der Waals surface area contributed by atoms with E-state index in [2.05, 4.69) is 33.4 Å². The summed E-state index contributed by atoms with van der Waals surface area (Å²) in [4.78, 5) is 30.8. The zero-order valence-electron chi connectivity index (χ0n) is 22.9. The van der Waals surface area contributed by atoms with Crippen LogP contribution < -0.4 is 0 Å². The van der Waals surface area contributed by atoms with Gasteiger partial charge in [0.05, 0.1) is 26.4 Å². The van der Waals surface area contributed by atoms with Crippen LogP contribution in [0.1, 0.15) is 53.3 Å². The van der Waals surface area contributed by atoms with Gasteiger partial charge in [-0.2, -0.15) is 0 Å². The van der Waals surface area contributed by atoms with Crippen molar-refractivity contribution in [3.05, 3.63) is 47.5 Å². The van der Waals surface area contributed by atoms with E-state index in [4.69, 9.17) is 9.47 Å². The number of aryl methyl sites for hydroxylation is 1. The van der Waals surface area contributed by atoms with Crippen LogP contribution in [0.5, 0.6) is 0 Å². The highest BCUT2D eigenvalue weighted by Gasteiger charge is 2.17. The van der Waals surface area contributed by atoms with Gasteiger partial charge in [-0.05, 0) is 69.3 Å². The van der Waals surface area contributed by atoms with Gasteiger partial charge in [0.2, 0.25) is 0 Å². The first-order valence-electron chi connectivity index (χ1n) is 13.9. The molecule has 2 aliphatic heterocycles. The number of morpholine rings is 2. The van der Waals surface area contributed by atoms with E-state index in [0.29, 0.717) is 12.8 Å². The van der Waals surface area contributed by atoms with Gasteiger partial charge in [-0.25, -0.2) is 0 Å². The standard InChI is InChI=1S/C30H39N3O4.2ClH/c1-2-33-27-9-7-23(29(34)5-3-11-31-13-17-36-18-14-31)21-25(27)26-22-24(8-10-28(26)33)30(35)6-4-12-32-15-19-37-20-16-32;;/h7-10,21-22H,2-6,11-20H2,1H3;2*1H. The minimum atomic E-state index is 0. The molecule has 0 aliphatic carbocycles. The van der Waals surface area contributed by atoms with Crippen LogP contribution in [-0.2, 0) is 16.0 Å². The number of rotatable bonds is 11. The molecule has 2 saturated heterocycles. The second kappa shape index (κ2) is 15.1. The van der Waals surface area contributed by atoms with Gasteiger partial charge >= 0.3 is 0 Å². The number of benzene rings is 2. The quantitative estimate of drug-likeness (QED) is 0.290. The van der Waals surface area contributed by atoms with E-state index in [-0.39, 0.29) is 36.4 Å². The molecule has 0 saturated carbocycles. The first kappa shape index (κ1) is 31.5. The highest BCUT2D eigenvalue weighted by molar-refractivity contribution is 6.13. The molecule has 1 aromatic heterocycles. The van der Waals surface area contributed by atoms with Crippen molar-refractivity contribution < 1.29 is 19.1 Å². The number of fused-ring (bicyclic) bond motifs is 3. The van der Waals surface area contributed by atoms with Gasteiger partial charge in [0, 0.05) is 78.5 Å². The molecule has 0 unspecified atom stereocenters. The lowest BCUT2D eigenvalue weighted by molar-refractivity contribution is 0.0370. The summed E-state index contributed by atoms with van der Waals surface area (Å²) in [5, 5.41) is 2.11. The Balaban J connectivity index is 0.00000210. The summed E-state index contributed by atoms with van der Waals surface area (Å²) in [6.07, 6.45) is 2.80. The van der Waals surface area contributed by atoms with Crippen LogP contribution in [0.25, 0.3) is 21.8 Å². The molecule has 5 rings (SSSR count). The van der Waals surface area contributed by atoms with Crippen molar-refractivity contribution in [1.29, 1.82) is 0 Å². The van der Waals surface area contributed by atoms with Gasteiger partial charge in [0.25, 0.3) is 0 Å². The summed E-state index contributed by atoms with van der Waals surface area (Å²) < 4.78 is 13.1. The third-order valence-electron chi connectivity index (χ3n) is 7.79. The van der Waals surface area contributed by atoms with Crippen LogP contribution in [0.15, 0.2) is 36.4 Å². The van der Waals surface area contributed by atoms with Gasteiger partial charge in [0.1, 0.15) is 0 Å². The minimum Gasteiger partial charge on any atom is -0.379 e. The number of ether oxygens (including phenoxy) is 2. The molecular weight excluding hydrogens is 537 g/mol. The first-order chi connectivity index (χ1) is 18.1. The predicted molar refractivity (Wildman–Crippen MR) is 161 cm³/mol. The molecule has 2 aromatic carbocycles. The Bertz CT molecular complexity index is 1160. The molecule has 2 fully saturated rings. The molecule has 0 atom stereocenters. The van der Waals surface area contributed by atoms with Crippen molar-refractivity contribution in [3.63, 3.8) is 0 Å². The zero-order chi connectivity index (χ0) is 25.6. The fourth-order valence-corrected chi connectivity index (χ4v) is 5.66. The lowest BCUT2D eigenvalue weighted by atomic mass is 10.0. The molecule has 39 heavy (non-hydrogen) atoms. The lowest BCUT2D eigenvalue weighted by Gasteiger charge is -2.26. The summed E-state index contributed by atoms with van der Waals surface area (Å²) in [6, 6.07) is 12.1. The number of Topliss-reactive ketones (excluding diaryl/α,β-unsaturated/α-hetero) is 2. The topological polar surface area (TPSA) is 64.0 Å². The SMILES string of the molecule is CCn1c2ccc(C(=O)CCCN3CCOCC3)cc2c2cc(C(=O)CCCN3CCOCC3)ccc21.Cl.Cl. The highest BCUT2D eigenvalue weighted by Crippen LogP contribution is 2.31. The second-order valence-corrected chi connectivity index (χ2v) is 10.2. The van der Waals surface area contributed by atoms with Gasteiger partial charge in [-0.3, -0.25) is 19.4 Å². The molecule has 0 amide bonds. The number of carbonyl (C=O) groups excluding carboxylic acids is 2. The van der Waals surface area contributed by atoms with Crippen LogP contribution in [0, 0.1) is 0 Å². The van der Waals surface area contributed by atoms with E-state index >= 15 is 0 Å². The monoisotopic (exact) mass is 577 g/mol. The van der Waals surface area contributed by atoms with Crippen molar-refractivity contribution in [2.75, 3.05) is 65.7 Å². The maximum Gasteiger partial charge on any atom is 0.162 e. The van der Waals surface area contributed by atoms with E-state index in [1.54, 1.807) is 0 Å². The van der Waals surface area contributed by atoms with Crippen LogP contribution in [0.2, 0.25) is 0 Å². The maximum absolute atomic E-state index is 13.1. The largest absolute Gasteiger partial charge is 0.379 e. The van der Waals surface area contributed by atoms with Gasteiger partial charge in [-0.1, -0.05) is 0 Å². The summed E-state index contributed by atoms with van der Waals surface area (Å²) in [6.45, 7) is 11.8. The van der Waals surface area contributed by atoms with Crippen molar-refractivity contribution in [2.45, 2.75) is 39.2 Å². The number of halogens is 2. The zero-order valence-corrected chi connectivity index (χ0v) is 24.5. The summed E-state index contributed by atoms with van der Waals surface area (Å²) in [5.41, 5.74) is 3.73. The Morgan fingerprint density at radius 3 is 1.49 bits per heavy atom. The minimum absolute atomic E-state index is 0. The van der Waals surface area contributed by atoms with Crippen LogP contribution in [0.3, 0.4) is 0 Å². The molecule has 0 radical (unpaired) electrons. The number of hydrogen-bond donors (Lipinski definition) is 0. The highest BCUT2D eigenvalue weighted by atomic mass is 35.5. The summed E-state index contributed by atoms with van der Waals surface area (Å²) in [5.74, 6) is 0.366. The van der Waals surface area contributed by atoms with Crippen molar-refractivity contribution in [2.24, 2.45) is 0 Å². The number of carbonyl (C=O) groups is 2. The van der Waals surface area contributed by atoms with Gasteiger partial charge < -0.3 is 14.0 Å². The summed E-state index contributed by atoms with van der Waals surface area (Å²) in [7, 11) is 0. The van der Waals surface area contributed by atoms with Gasteiger partial charge in [-0.15, -0.1) is 24.8 Å². The van der Waals surface area contributed by atoms with E-state index in [1.165, 1.54) is 0 Å². The van der Waals surface area contributed by atoms with Crippen LogP contribution in [0.4, 0.5) is 0 Å². The molecule has 0 bridgehead atoms. The molecule has 2 aliphatic rings. The Labute approximate surface area is 243 Å². The normalized spacial score (nSPS) is 16.6. The predicted octanol–water partition coefficient (Wildman–Crippen LogP) is 5.25. The van der Waals surface area contributed by atoms with Crippen molar-refractivity contribution in [1.82, 2.24) is 14.4 Å². The molecule has 0 N–H and O–H groups in total. The first-order valence-corrected chi connectivity index (χ1v) is 13.9. The fourth-order valence-electron chi connectivity index (χ4n) is 5.66. The Kier molecular flexibility index (Phi) is 12.2. The third-order valence-corrected chi connectivity index (χ3v) is 7.79. The Hall–Kier alpha value is -2.00. The third kappa shape index (κ3) is 7.60. The number of aromatic nitrogens is 1. The lowest BCUT2D eigenvalue weighted by Crippen LogP contribution is -2.36. The summed E-state index contributed by atoms with van der Waals surface area (Å²) >= 11 is 0. The van der Waals surface area contributed by atoms with E-state index in [0.717, 1.165) is 118 Å². The number of ketones is 2. The van der Waals surface area contributed by atoms with E-state index in [9.17, 15) is 9.59 Å². The van der Waals surface area contributed by atoms with Gasteiger partial charge in [0.15, 0.2) is 11.6 Å². The smallest absolute Gasteiger partial charge is 0.162 e. The molecular formula is C30H41Cl2N3O4. The Morgan fingerprint density at radius 1 is 0.692 bits per heavy atom. The van der Waals surface area contributed by atoms with Crippen molar-refractivity contribution in [3.8, 4) is 0 Å². The molecule has 0 spiro atoms. The van der Waals surface area contributed by atoms with Crippen LogP contribution >= 0.6 is 24.8 Å². The average molecular weight is 579 g/mol. The molecule has 3 aromatic rings. The number of hydrogen-bond acceptors (Lipinski definition) is 6. The molecule has 7 nitrogen and oxygen atoms in total. The molecule has 214 valence electrons. The number of nitrogens with zero attached hydrogens (tertiary/aromatic N) is 3. The molecule has 9 heteroatoms. The average Bonchev–Trinajstić information content (AvgIpc) is 3.26. The maximum atomic E-state index is 13.1. The Morgan fingerprint density at radius 2 is 1.10 bits per heavy atom. The van der Waals surface area contributed by atoms with Crippen LogP contribution in [-0.4, -0.2) is 91.6 Å². The second-order valence-electron chi connectivity index (χ2n) is 10.2. The fraction of sp³-hybridized carbons (Fsp3) is 0.533. The molecule has 3 heterocycles. The van der Waals surface area contributed by atoms with E-state index < -0.39 is 0 Å². The van der Waals surface area contributed by atoms with E-state index in [1.807, 2.05) is 24.3 Å². The van der Waals surface area contributed by atoms with Crippen molar-refractivity contribution >= 4 is 58.2 Å².